The standard InChI is InChI=1S/C8H10BrF2N3O/c9-6-3-12-8(13-4-6)14(1-2-15)5-7(10)11/h3-4,7,15H,1-2,5H2. The van der Waals surface area contributed by atoms with Crippen LogP contribution in [0.15, 0.2) is 16.9 Å². The number of aromatic nitrogens is 2. The summed E-state index contributed by atoms with van der Waals surface area (Å²) in [5.74, 6) is 0.188. The summed E-state index contributed by atoms with van der Waals surface area (Å²) in [5.41, 5.74) is 0. The van der Waals surface area contributed by atoms with E-state index in [1.807, 2.05) is 0 Å². The molecule has 0 saturated heterocycles. The van der Waals surface area contributed by atoms with Crippen molar-refractivity contribution in [2.45, 2.75) is 6.43 Å². The minimum Gasteiger partial charge on any atom is -0.395 e. The molecular weight excluding hydrogens is 272 g/mol. The molecule has 0 radical (unpaired) electrons. The van der Waals surface area contributed by atoms with Crippen molar-refractivity contribution in [2.24, 2.45) is 0 Å². The van der Waals surface area contributed by atoms with Crippen LogP contribution in [0.1, 0.15) is 0 Å². The molecule has 0 aromatic carbocycles. The van der Waals surface area contributed by atoms with Crippen LogP contribution in [0.3, 0.4) is 0 Å². The van der Waals surface area contributed by atoms with Crippen LogP contribution in [-0.2, 0) is 0 Å². The molecule has 0 bridgehead atoms. The Bertz CT molecular complexity index is 296. The summed E-state index contributed by atoms with van der Waals surface area (Å²) in [6.45, 7) is -0.611. The van der Waals surface area contributed by atoms with E-state index in [9.17, 15) is 8.78 Å². The maximum atomic E-state index is 12.2. The lowest BCUT2D eigenvalue weighted by atomic mass is 10.5. The highest BCUT2D eigenvalue weighted by Crippen LogP contribution is 2.11. The number of hydrogen-bond donors (Lipinski definition) is 1. The Morgan fingerprint density at radius 2 is 2.00 bits per heavy atom. The molecule has 1 heterocycles. The van der Waals surface area contributed by atoms with Gasteiger partial charge in [-0.1, -0.05) is 0 Å². The number of halogens is 3. The predicted octanol–water partition coefficient (Wildman–Crippen LogP) is 1.30. The maximum Gasteiger partial charge on any atom is 0.255 e. The summed E-state index contributed by atoms with van der Waals surface area (Å²) in [5, 5.41) is 8.71. The molecule has 0 aliphatic heterocycles. The zero-order valence-electron chi connectivity index (χ0n) is 7.78. The molecule has 0 aliphatic carbocycles. The molecule has 0 aliphatic rings. The third kappa shape index (κ3) is 4.05. The molecule has 15 heavy (non-hydrogen) atoms. The van der Waals surface area contributed by atoms with Crippen LogP contribution in [0.5, 0.6) is 0 Å². The fraction of sp³-hybridized carbons (Fsp3) is 0.500. The van der Waals surface area contributed by atoms with Crippen molar-refractivity contribution in [3.63, 3.8) is 0 Å². The van der Waals surface area contributed by atoms with Crippen molar-refractivity contribution in [3.05, 3.63) is 16.9 Å². The number of nitrogens with zero attached hydrogens (tertiary/aromatic N) is 3. The van der Waals surface area contributed by atoms with Crippen LogP contribution in [0.4, 0.5) is 14.7 Å². The average Bonchev–Trinajstić information content (AvgIpc) is 2.17. The number of hydrogen-bond acceptors (Lipinski definition) is 4. The van der Waals surface area contributed by atoms with Gasteiger partial charge >= 0.3 is 0 Å². The molecule has 0 saturated carbocycles. The van der Waals surface area contributed by atoms with Crippen molar-refractivity contribution in [3.8, 4) is 0 Å². The van der Waals surface area contributed by atoms with Gasteiger partial charge in [-0.2, -0.15) is 0 Å². The van der Waals surface area contributed by atoms with E-state index in [1.54, 1.807) is 0 Å². The number of rotatable bonds is 5. The second kappa shape index (κ2) is 5.92. The van der Waals surface area contributed by atoms with Gasteiger partial charge in [-0.05, 0) is 15.9 Å². The summed E-state index contributed by atoms with van der Waals surface area (Å²) in [7, 11) is 0. The number of aliphatic hydroxyl groups is 1. The molecule has 0 unspecified atom stereocenters. The van der Waals surface area contributed by atoms with Gasteiger partial charge in [-0.15, -0.1) is 0 Å². The van der Waals surface area contributed by atoms with Crippen LogP contribution in [-0.4, -0.2) is 41.2 Å². The lowest BCUT2D eigenvalue weighted by Gasteiger charge is -2.20. The molecule has 0 spiro atoms. The van der Waals surface area contributed by atoms with Crippen molar-refractivity contribution < 1.29 is 13.9 Å². The molecule has 0 fully saturated rings. The fourth-order valence-electron chi connectivity index (χ4n) is 1.03. The maximum absolute atomic E-state index is 12.2. The predicted molar refractivity (Wildman–Crippen MR) is 55.0 cm³/mol. The number of alkyl halides is 2. The fourth-order valence-corrected chi connectivity index (χ4v) is 1.23. The van der Waals surface area contributed by atoms with E-state index in [-0.39, 0.29) is 19.1 Å². The normalized spacial score (nSPS) is 10.7. The minimum atomic E-state index is -2.48. The van der Waals surface area contributed by atoms with Crippen molar-refractivity contribution >= 4 is 21.9 Å². The van der Waals surface area contributed by atoms with E-state index in [0.717, 1.165) is 0 Å². The van der Waals surface area contributed by atoms with Crippen LogP contribution in [0.2, 0.25) is 0 Å². The molecular formula is C8H10BrF2N3O. The Kier molecular flexibility index (Phi) is 4.83. The minimum absolute atomic E-state index is 0.0893. The Balaban J connectivity index is 2.74. The smallest absolute Gasteiger partial charge is 0.255 e. The largest absolute Gasteiger partial charge is 0.395 e. The van der Waals surface area contributed by atoms with E-state index in [1.165, 1.54) is 17.3 Å². The second-order valence-corrected chi connectivity index (χ2v) is 3.68. The zero-order valence-corrected chi connectivity index (χ0v) is 9.36. The quantitative estimate of drug-likeness (QED) is 0.884. The molecule has 1 aromatic rings. The molecule has 1 aromatic heterocycles. The van der Waals surface area contributed by atoms with Gasteiger partial charge in [0.1, 0.15) is 0 Å². The van der Waals surface area contributed by atoms with Gasteiger partial charge in [-0.3, -0.25) is 0 Å². The summed E-state index contributed by atoms with van der Waals surface area (Å²) in [4.78, 5) is 8.98. The molecule has 0 atom stereocenters. The number of anilines is 1. The van der Waals surface area contributed by atoms with Gasteiger partial charge in [0.25, 0.3) is 6.43 Å². The third-order valence-electron chi connectivity index (χ3n) is 1.62. The van der Waals surface area contributed by atoms with Crippen LogP contribution < -0.4 is 4.90 Å². The Hall–Kier alpha value is -0.820. The van der Waals surface area contributed by atoms with Crippen LogP contribution in [0, 0.1) is 0 Å². The molecule has 84 valence electrons. The molecule has 7 heteroatoms. The van der Waals surface area contributed by atoms with Gasteiger partial charge in [0, 0.05) is 18.9 Å². The SMILES string of the molecule is OCCN(CC(F)F)c1ncc(Br)cn1. The molecule has 4 nitrogen and oxygen atoms in total. The van der Waals surface area contributed by atoms with Gasteiger partial charge < -0.3 is 10.0 Å². The lowest BCUT2D eigenvalue weighted by Crippen LogP contribution is -2.32. The summed E-state index contributed by atoms with van der Waals surface area (Å²) >= 11 is 3.14. The highest BCUT2D eigenvalue weighted by molar-refractivity contribution is 9.10. The van der Waals surface area contributed by atoms with E-state index in [0.29, 0.717) is 4.47 Å². The van der Waals surface area contributed by atoms with Gasteiger partial charge in [0.2, 0.25) is 5.95 Å². The third-order valence-corrected chi connectivity index (χ3v) is 2.03. The van der Waals surface area contributed by atoms with E-state index < -0.39 is 13.0 Å². The molecule has 0 amide bonds. The Morgan fingerprint density at radius 3 is 2.47 bits per heavy atom. The highest BCUT2D eigenvalue weighted by atomic mass is 79.9. The van der Waals surface area contributed by atoms with Crippen LogP contribution >= 0.6 is 15.9 Å². The van der Waals surface area contributed by atoms with Gasteiger partial charge in [0.05, 0.1) is 17.6 Å². The topological polar surface area (TPSA) is 49.2 Å². The van der Waals surface area contributed by atoms with E-state index in [4.69, 9.17) is 5.11 Å². The monoisotopic (exact) mass is 281 g/mol. The van der Waals surface area contributed by atoms with Crippen molar-refractivity contribution in [2.75, 3.05) is 24.6 Å². The Morgan fingerprint density at radius 1 is 1.40 bits per heavy atom. The summed E-state index contributed by atoms with van der Waals surface area (Å²) in [6.07, 6.45) is 0.458. The summed E-state index contributed by atoms with van der Waals surface area (Å²) in [6, 6.07) is 0. The average molecular weight is 282 g/mol. The first-order chi connectivity index (χ1) is 7.13. The van der Waals surface area contributed by atoms with E-state index >= 15 is 0 Å². The van der Waals surface area contributed by atoms with Crippen molar-refractivity contribution in [1.82, 2.24) is 9.97 Å². The number of aliphatic hydroxyl groups excluding tert-OH is 1. The molecule has 1 N–H and O–H groups in total. The Labute approximate surface area is 94.1 Å². The molecule has 1 rings (SSSR count). The van der Waals surface area contributed by atoms with Crippen LogP contribution in [0.25, 0.3) is 0 Å². The second-order valence-electron chi connectivity index (χ2n) is 2.76. The first-order valence-electron chi connectivity index (χ1n) is 4.25. The summed E-state index contributed by atoms with van der Waals surface area (Å²) < 4.78 is 25.0. The van der Waals surface area contributed by atoms with E-state index in [2.05, 4.69) is 25.9 Å². The first kappa shape index (κ1) is 12.3. The zero-order chi connectivity index (χ0) is 11.3. The first-order valence-corrected chi connectivity index (χ1v) is 5.04. The van der Waals surface area contributed by atoms with Gasteiger partial charge in [-0.25, -0.2) is 18.7 Å². The highest BCUT2D eigenvalue weighted by Gasteiger charge is 2.14. The van der Waals surface area contributed by atoms with Gasteiger partial charge in [0.15, 0.2) is 0 Å². The van der Waals surface area contributed by atoms with Crippen molar-refractivity contribution in [1.29, 1.82) is 0 Å². The lowest BCUT2D eigenvalue weighted by molar-refractivity contribution is 0.152.